The first-order chi connectivity index (χ1) is 9.34. The van der Waals surface area contributed by atoms with Crippen molar-refractivity contribution in [3.63, 3.8) is 0 Å². The average Bonchev–Trinajstić information content (AvgIpc) is 2.89. The minimum Gasteiger partial charge on any atom is -0.369 e. The van der Waals surface area contributed by atoms with Gasteiger partial charge in [0, 0.05) is 12.0 Å². The zero-order valence-electron chi connectivity index (χ0n) is 13.5. The zero-order valence-corrected chi connectivity index (χ0v) is 14.3. The molecule has 2 heterocycles. The lowest BCUT2D eigenvalue weighted by Gasteiger charge is -2.33. The van der Waals surface area contributed by atoms with Crippen LogP contribution >= 0.6 is 11.3 Å². The van der Waals surface area contributed by atoms with Gasteiger partial charge < -0.3 is 10.1 Å². The van der Waals surface area contributed by atoms with Crippen LogP contribution in [0.1, 0.15) is 53.0 Å². The maximum absolute atomic E-state index is 6.29. The molecule has 1 saturated heterocycles. The third kappa shape index (κ3) is 3.84. The van der Waals surface area contributed by atoms with Crippen LogP contribution in [0.25, 0.3) is 0 Å². The molecule has 0 saturated carbocycles. The van der Waals surface area contributed by atoms with Crippen LogP contribution in [0.5, 0.6) is 0 Å². The SMILES string of the molecule is CCCNC(Cc1ccsc1)C1CC(C)(C)OC1(C)C. The monoisotopic (exact) mass is 295 g/mol. The third-order valence-electron chi connectivity index (χ3n) is 4.32. The first-order valence-corrected chi connectivity index (χ1v) is 8.73. The van der Waals surface area contributed by atoms with Crippen molar-refractivity contribution in [1.29, 1.82) is 0 Å². The fourth-order valence-electron chi connectivity index (χ4n) is 3.58. The number of ether oxygens (including phenoxy) is 1. The molecule has 1 N–H and O–H groups in total. The molecule has 1 fully saturated rings. The zero-order chi connectivity index (χ0) is 14.8. The highest BCUT2D eigenvalue weighted by molar-refractivity contribution is 7.07. The Balaban J connectivity index is 2.13. The minimum atomic E-state index is -0.0507. The second-order valence-corrected chi connectivity index (χ2v) is 7.95. The molecule has 1 aliphatic heterocycles. The van der Waals surface area contributed by atoms with Gasteiger partial charge in [0.05, 0.1) is 11.2 Å². The molecular weight excluding hydrogens is 266 g/mol. The first kappa shape index (κ1) is 16.0. The summed E-state index contributed by atoms with van der Waals surface area (Å²) in [5, 5.41) is 8.21. The molecule has 1 aromatic rings. The lowest BCUT2D eigenvalue weighted by atomic mass is 9.79. The van der Waals surface area contributed by atoms with Gasteiger partial charge in [-0.2, -0.15) is 11.3 Å². The van der Waals surface area contributed by atoms with Gasteiger partial charge in [0.25, 0.3) is 0 Å². The molecule has 0 spiro atoms. The van der Waals surface area contributed by atoms with Crippen molar-refractivity contribution in [1.82, 2.24) is 5.32 Å². The normalized spacial score (nSPS) is 25.8. The summed E-state index contributed by atoms with van der Waals surface area (Å²) in [6.07, 6.45) is 3.42. The molecule has 0 radical (unpaired) electrons. The predicted molar refractivity (Wildman–Crippen MR) is 87.5 cm³/mol. The van der Waals surface area contributed by atoms with Crippen LogP contribution in [0, 0.1) is 5.92 Å². The lowest BCUT2D eigenvalue weighted by Crippen LogP contribution is -2.45. The van der Waals surface area contributed by atoms with Crippen molar-refractivity contribution < 1.29 is 4.74 Å². The average molecular weight is 295 g/mol. The minimum absolute atomic E-state index is 0.00500. The molecule has 1 aromatic heterocycles. The van der Waals surface area contributed by atoms with Crippen molar-refractivity contribution >= 4 is 11.3 Å². The molecule has 0 aromatic carbocycles. The molecule has 2 atom stereocenters. The highest BCUT2D eigenvalue weighted by atomic mass is 32.1. The van der Waals surface area contributed by atoms with E-state index in [9.17, 15) is 0 Å². The summed E-state index contributed by atoms with van der Waals surface area (Å²) in [6, 6.07) is 2.75. The van der Waals surface area contributed by atoms with Crippen LogP contribution in [0.3, 0.4) is 0 Å². The molecule has 114 valence electrons. The quantitative estimate of drug-likeness (QED) is 0.847. The van der Waals surface area contributed by atoms with E-state index in [0.717, 1.165) is 19.4 Å². The third-order valence-corrected chi connectivity index (χ3v) is 5.05. The second kappa shape index (κ2) is 6.17. The summed E-state index contributed by atoms with van der Waals surface area (Å²) in [5.74, 6) is 0.559. The van der Waals surface area contributed by atoms with E-state index in [1.807, 2.05) is 0 Å². The van der Waals surface area contributed by atoms with Crippen LogP contribution in [-0.4, -0.2) is 23.8 Å². The number of rotatable bonds is 6. The summed E-state index contributed by atoms with van der Waals surface area (Å²) in [5.41, 5.74) is 1.39. The van der Waals surface area contributed by atoms with Crippen molar-refractivity contribution in [2.45, 2.75) is 71.1 Å². The summed E-state index contributed by atoms with van der Waals surface area (Å²) in [6.45, 7) is 12.3. The van der Waals surface area contributed by atoms with E-state index >= 15 is 0 Å². The van der Waals surface area contributed by atoms with E-state index in [0.29, 0.717) is 12.0 Å². The highest BCUT2D eigenvalue weighted by Crippen LogP contribution is 2.44. The Morgan fingerprint density at radius 1 is 1.40 bits per heavy atom. The van der Waals surface area contributed by atoms with Gasteiger partial charge >= 0.3 is 0 Å². The summed E-state index contributed by atoms with van der Waals surface area (Å²) in [7, 11) is 0. The van der Waals surface area contributed by atoms with Crippen LogP contribution < -0.4 is 5.32 Å². The van der Waals surface area contributed by atoms with Crippen LogP contribution in [-0.2, 0) is 11.2 Å². The van der Waals surface area contributed by atoms with Gasteiger partial charge in [0.2, 0.25) is 0 Å². The molecule has 2 rings (SSSR count). The van der Waals surface area contributed by atoms with Crippen molar-refractivity contribution in [2.24, 2.45) is 5.92 Å². The van der Waals surface area contributed by atoms with E-state index in [1.54, 1.807) is 11.3 Å². The van der Waals surface area contributed by atoms with Gasteiger partial charge in [-0.05, 0) is 75.9 Å². The van der Waals surface area contributed by atoms with E-state index in [1.165, 1.54) is 12.0 Å². The van der Waals surface area contributed by atoms with E-state index in [2.05, 4.69) is 56.8 Å². The second-order valence-electron chi connectivity index (χ2n) is 7.17. The number of thiophene rings is 1. The Hall–Kier alpha value is -0.380. The maximum Gasteiger partial charge on any atom is 0.0677 e. The van der Waals surface area contributed by atoms with Crippen molar-refractivity contribution in [3.8, 4) is 0 Å². The summed E-state index contributed by atoms with van der Waals surface area (Å²) in [4.78, 5) is 0. The summed E-state index contributed by atoms with van der Waals surface area (Å²) < 4.78 is 6.29. The van der Waals surface area contributed by atoms with Crippen LogP contribution in [0.15, 0.2) is 16.8 Å². The van der Waals surface area contributed by atoms with Gasteiger partial charge in [-0.15, -0.1) is 0 Å². The molecule has 3 heteroatoms. The Morgan fingerprint density at radius 3 is 2.65 bits per heavy atom. The number of hydrogen-bond acceptors (Lipinski definition) is 3. The van der Waals surface area contributed by atoms with Gasteiger partial charge in [-0.25, -0.2) is 0 Å². The van der Waals surface area contributed by atoms with Crippen LogP contribution in [0.4, 0.5) is 0 Å². The van der Waals surface area contributed by atoms with E-state index < -0.39 is 0 Å². The number of hydrogen-bond donors (Lipinski definition) is 1. The Bertz CT molecular complexity index is 411. The topological polar surface area (TPSA) is 21.3 Å². The standard InChI is InChI=1S/C17H29NOS/c1-6-8-18-15(10-13-7-9-20-12-13)14-11-16(2,3)19-17(14,4)5/h7,9,12,14-15,18H,6,8,10-11H2,1-5H3. The Kier molecular flexibility index (Phi) is 4.93. The molecule has 20 heavy (non-hydrogen) atoms. The highest BCUT2D eigenvalue weighted by Gasteiger charge is 2.48. The van der Waals surface area contributed by atoms with Gasteiger partial charge in [0.15, 0.2) is 0 Å². The Labute approximate surface area is 127 Å². The molecular formula is C17H29NOS. The largest absolute Gasteiger partial charge is 0.369 e. The van der Waals surface area contributed by atoms with E-state index in [4.69, 9.17) is 4.74 Å². The molecule has 0 aliphatic carbocycles. The van der Waals surface area contributed by atoms with Gasteiger partial charge in [-0.3, -0.25) is 0 Å². The predicted octanol–water partition coefficient (Wildman–Crippen LogP) is 4.25. The first-order valence-electron chi connectivity index (χ1n) is 7.79. The van der Waals surface area contributed by atoms with Crippen LogP contribution in [0.2, 0.25) is 0 Å². The molecule has 0 amide bonds. The Morgan fingerprint density at radius 2 is 2.15 bits per heavy atom. The van der Waals surface area contributed by atoms with Crippen molar-refractivity contribution in [2.75, 3.05) is 6.54 Å². The molecule has 2 unspecified atom stereocenters. The number of nitrogens with one attached hydrogen (secondary N) is 1. The van der Waals surface area contributed by atoms with E-state index in [-0.39, 0.29) is 11.2 Å². The smallest absolute Gasteiger partial charge is 0.0677 e. The molecule has 1 aliphatic rings. The fraction of sp³-hybridized carbons (Fsp3) is 0.765. The maximum atomic E-state index is 6.29. The van der Waals surface area contributed by atoms with Crippen molar-refractivity contribution in [3.05, 3.63) is 22.4 Å². The molecule has 0 bridgehead atoms. The lowest BCUT2D eigenvalue weighted by molar-refractivity contribution is -0.0776. The molecule has 2 nitrogen and oxygen atoms in total. The fourth-order valence-corrected chi connectivity index (χ4v) is 4.26. The van der Waals surface area contributed by atoms with Gasteiger partial charge in [-0.1, -0.05) is 6.92 Å². The van der Waals surface area contributed by atoms with Gasteiger partial charge in [0.1, 0.15) is 0 Å². The summed E-state index contributed by atoms with van der Waals surface area (Å²) >= 11 is 1.79.